The van der Waals surface area contributed by atoms with E-state index >= 15 is 0 Å². The van der Waals surface area contributed by atoms with Crippen molar-refractivity contribution in [1.82, 2.24) is 0 Å². The Morgan fingerprint density at radius 3 is 2.50 bits per heavy atom. The van der Waals surface area contributed by atoms with Crippen LogP contribution in [0.3, 0.4) is 0 Å². The maximum Gasteiger partial charge on any atom is 0.166 e. The van der Waals surface area contributed by atoms with Gasteiger partial charge in [-0.15, -0.1) is 0 Å². The number of halogens is 1. The molecule has 2 nitrogen and oxygen atoms in total. The van der Waals surface area contributed by atoms with Gasteiger partial charge in [0.25, 0.3) is 0 Å². The SMILES string of the molecule is COc1ccc(C(=O)C2CCC(C)CC2)cc1F. The van der Waals surface area contributed by atoms with E-state index in [-0.39, 0.29) is 17.5 Å². The van der Waals surface area contributed by atoms with Crippen molar-refractivity contribution in [3.8, 4) is 5.75 Å². The third-order valence-corrected chi connectivity index (χ3v) is 3.82. The number of benzene rings is 1. The average Bonchev–Trinajstić information content (AvgIpc) is 2.38. The van der Waals surface area contributed by atoms with Crippen molar-refractivity contribution in [3.05, 3.63) is 29.6 Å². The molecule has 0 unspecified atom stereocenters. The highest BCUT2D eigenvalue weighted by atomic mass is 19.1. The van der Waals surface area contributed by atoms with Gasteiger partial charge in [-0.2, -0.15) is 0 Å². The summed E-state index contributed by atoms with van der Waals surface area (Å²) in [5.41, 5.74) is 0.466. The third-order valence-electron chi connectivity index (χ3n) is 3.82. The molecular weight excluding hydrogens is 231 g/mol. The van der Waals surface area contributed by atoms with E-state index in [4.69, 9.17) is 4.74 Å². The van der Waals surface area contributed by atoms with Gasteiger partial charge in [-0.1, -0.05) is 19.8 Å². The second-order valence-electron chi connectivity index (χ2n) is 5.17. The Morgan fingerprint density at radius 2 is 1.94 bits per heavy atom. The maximum atomic E-state index is 13.6. The quantitative estimate of drug-likeness (QED) is 0.762. The topological polar surface area (TPSA) is 26.3 Å². The summed E-state index contributed by atoms with van der Waals surface area (Å²) < 4.78 is 18.4. The molecule has 1 aliphatic carbocycles. The van der Waals surface area contributed by atoms with Crippen molar-refractivity contribution in [2.24, 2.45) is 11.8 Å². The third kappa shape index (κ3) is 2.71. The smallest absolute Gasteiger partial charge is 0.166 e. The Balaban J connectivity index is 2.11. The number of methoxy groups -OCH3 is 1. The second-order valence-corrected chi connectivity index (χ2v) is 5.17. The molecule has 0 spiro atoms. The zero-order chi connectivity index (χ0) is 13.1. The Hall–Kier alpha value is -1.38. The van der Waals surface area contributed by atoms with E-state index in [9.17, 15) is 9.18 Å². The molecule has 1 fully saturated rings. The lowest BCUT2D eigenvalue weighted by atomic mass is 9.79. The molecule has 3 heteroatoms. The minimum Gasteiger partial charge on any atom is -0.494 e. The Labute approximate surface area is 107 Å². The number of ether oxygens (including phenoxy) is 1. The molecule has 0 saturated heterocycles. The molecule has 1 saturated carbocycles. The highest BCUT2D eigenvalue weighted by molar-refractivity contribution is 5.98. The summed E-state index contributed by atoms with van der Waals surface area (Å²) in [6.07, 6.45) is 4.03. The first-order chi connectivity index (χ1) is 8.61. The summed E-state index contributed by atoms with van der Waals surface area (Å²) in [5.74, 6) is 0.565. The first-order valence-corrected chi connectivity index (χ1v) is 6.49. The van der Waals surface area contributed by atoms with Crippen LogP contribution in [0.2, 0.25) is 0 Å². The van der Waals surface area contributed by atoms with Crippen molar-refractivity contribution >= 4 is 5.78 Å². The van der Waals surface area contributed by atoms with E-state index in [2.05, 4.69) is 6.92 Å². The number of hydrogen-bond acceptors (Lipinski definition) is 2. The predicted molar refractivity (Wildman–Crippen MR) is 68.4 cm³/mol. The number of ketones is 1. The van der Waals surface area contributed by atoms with E-state index in [1.165, 1.54) is 19.2 Å². The van der Waals surface area contributed by atoms with Crippen LogP contribution in [-0.2, 0) is 0 Å². The number of carbonyl (C=O) groups is 1. The fraction of sp³-hybridized carbons (Fsp3) is 0.533. The minimum atomic E-state index is -0.465. The molecule has 0 bridgehead atoms. The zero-order valence-corrected chi connectivity index (χ0v) is 10.9. The Bertz CT molecular complexity index is 434. The lowest BCUT2D eigenvalue weighted by Gasteiger charge is -2.25. The van der Waals surface area contributed by atoms with E-state index < -0.39 is 5.82 Å². The molecule has 0 aromatic heterocycles. The van der Waals surface area contributed by atoms with Crippen molar-refractivity contribution < 1.29 is 13.9 Å². The summed E-state index contributed by atoms with van der Waals surface area (Å²) in [7, 11) is 1.42. The fourth-order valence-electron chi connectivity index (χ4n) is 2.58. The van der Waals surface area contributed by atoms with E-state index in [0.29, 0.717) is 11.5 Å². The van der Waals surface area contributed by atoms with E-state index in [0.717, 1.165) is 25.7 Å². The highest BCUT2D eigenvalue weighted by Crippen LogP contribution is 2.31. The fourth-order valence-corrected chi connectivity index (χ4v) is 2.58. The van der Waals surface area contributed by atoms with Crippen LogP contribution in [0.5, 0.6) is 5.75 Å². The number of carbonyl (C=O) groups excluding carboxylic acids is 1. The molecule has 0 N–H and O–H groups in total. The molecule has 0 atom stereocenters. The normalized spacial score (nSPS) is 23.7. The Morgan fingerprint density at radius 1 is 1.28 bits per heavy atom. The van der Waals surface area contributed by atoms with Gasteiger partial charge in [-0.05, 0) is 37.0 Å². The summed E-state index contributed by atoms with van der Waals surface area (Å²) in [4.78, 5) is 12.3. The molecule has 2 rings (SSSR count). The Kier molecular flexibility index (Phi) is 4.00. The van der Waals surface area contributed by atoms with Gasteiger partial charge in [0.15, 0.2) is 17.3 Å². The first-order valence-electron chi connectivity index (χ1n) is 6.49. The number of rotatable bonds is 3. The zero-order valence-electron chi connectivity index (χ0n) is 10.9. The van der Waals surface area contributed by atoms with Crippen LogP contribution in [0.1, 0.15) is 43.0 Å². The van der Waals surface area contributed by atoms with Crippen LogP contribution in [0, 0.1) is 17.7 Å². The summed E-state index contributed by atoms with van der Waals surface area (Å²) in [6, 6.07) is 4.47. The molecule has 1 aliphatic rings. The van der Waals surface area contributed by atoms with Crippen LogP contribution in [0.4, 0.5) is 4.39 Å². The summed E-state index contributed by atoms with van der Waals surface area (Å²) in [6.45, 7) is 2.22. The minimum absolute atomic E-state index is 0.0639. The molecule has 0 heterocycles. The standard InChI is InChI=1S/C15H19FO2/c1-10-3-5-11(6-4-10)15(17)12-7-8-14(18-2)13(16)9-12/h7-11H,3-6H2,1-2H3. The number of Topliss-reactive ketones (excluding diaryl/α,β-unsaturated/α-hetero) is 1. The van der Waals surface area contributed by atoms with Gasteiger partial charge in [0.2, 0.25) is 0 Å². The van der Waals surface area contributed by atoms with Crippen molar-refractivity contribution in [3.63, 3.8) is 0 Å². The van der Waals surface area contributed by atoms with Gasteiger partial charge in [-0.25, -0.2) is 4.39 Å². The average molecular weight is 250 g/mol. The van der Waals surface area contributed by atoms with Gasteiger partial charge in [0.1, 0.15) is 0 Å². The molecule has 0 radical (unpaired) electrons. The van der Waals surface area contributed by atoms with Crippen LogP contribution in [0.25, 0.3) is 0 Å². The molecular formula is C15H19FO2. The van der Waals surface area contributed by atoms with Gasteiger partial charge < -0.3 is 4.74 Å². The van der Waals surface area contributed by atoms with Crippen LogP contribution in [-0.4, -0.2) is 12.9 Å². The van der Waals surface area contributed by atoms with Crippen molar-refractivity contribution in [1.29, 1.82) is 0 Å². The lowest BCUT2D eigenvalue weighted by molar-refractivity contribution is 0.0875. The monoisotopic (exact) mass is 250 g/mol. The van der Waals surface area contributed by atoms with Crippen molar-refractivity contribution in [2.75, 3.05) is 7.11 Å². The van der Waals surface area contributed by atoms with Crippen molar-refractivity contribution in [2.45, 2.75) is 32.6 Å². The first kappa shape index (κ1) is 13.1. The van der Waals surface area contributed by atoms with Crippen LogP contribution in [0.15, 0.2) is 18.2 Å². The molecule has 0 amide bonds. The van der Waals surface area contributed by atoms with Gasteiger partial charge in [-0.3, -0.25) is 4.79 Å². The molecule has 98 valence electrons. The maximum absolute atomic E-state index is 13.6. The second kappa shape index (κ2) is 5.51. The lowest BCUT2D eigenvalue weighted by Crippen LogP contribution is -2.21. The van der Waals surface area contributed by atoms with Gasteiger partial charge >= 0.3 is 0 Å². The van der Waals surface area contributed by atoms with E-state index in [1.54, 1.807) is 6.07 Å². The molecule has 1 aromatic carbocycles. The van der Waals surface area contributed by atoms with E-state index in [1.807, 2.05) is 0 Å². The molecule has 1 aromatic rings. The molecule has 18 heavy (non-hydrogen) atoms. The number of hydrogen-bond donors (Lipinski definition) is 0. The largest absolute Gasteiger partial charge is 0.494 e. The summed E-state index contributed by atoms with van der Waals surface area (Å²) >= 11 is 0. The summed E-state index contributed by atoms with van der Waals surface area (Å²) in [5, 5.41) is 0. The van der Waals surface area contributed by atoms with Crippen LogP contribution < -0.4 is 4.74 Å². The van der Waals surface area contributed by atoms with Crippen LogP contribution >= 0.6 is 0 Å². The highest BCUT2D eigenvalue weighted by Gasteiger charge is 2.25. The van der Waals surface area contributed by atoms with Gasteiger partial charge in [0.05, 0.1) is 7.11 Å². The van der Waals surface area contributed by atoms with Gasteiger partial charge in [0, 0.05) is 11.5 Å². The molecule has 0 aliphatic heterocycles. The predicted octanol–water partition coefficient (Wildman–Crippen LogP) is 3.84.